The molecule has 0 bridgehead atoms. The molecule has 0 saturated carbocycles. The molecule has 1 atom stereocenters. The van der Waals surface area contributed by atoms with Crippen molar-refractivity contribution < 1.29 is 9.53 Å². The summed E-state index contributed by atoms with van der Waals surface area (Å²) in [6.45, 7) is 7.15. The molecule has 138 valence electrons. The van der Waals surface area contributed by atoms with E-state index in [1.165, 1.54) is 11.1 Å². The number of pyridine rings is 1. The van der Waals surface area contributed by atoms with E-state index in [2.05, 4.69) is 37.9 Å². The number of aldehydes is 1. The minimum absolute atomic E-state index is 0.0407. The molecule has 3 rings (SSSR count). The van der Waals surface area contributed by atoms with Crippen LogP contribution >= 0.6 is 0 Å². The SMILES string of the molecule is CC(C)(C)C(c1ccc(C=O)cc1)c1ccc(OCc2ccccn2)cc1. The van der Waals surface area contributed by atoms with E-state index in [1.54, 1.807) is 6.20 Å². The highest BCUT2D eigenvalue weighted by molar-refractivity contribution is 5.74. The first-order valence-electron chi connectivity index (χ1n) is 9.15. The number of hydrogen-bond acceptors (Lipinski definition) is 3. The van der Waals surface area contributed by atoms with E-state index >= 15 is 0 Å². The molecule has 0 saturated heterocycles. The third kappa shape index (κ3) is 4.82. The van der Waals surface area contributed by atoms with Gasteiger partial charge >= 0.3 is 0 Å². The lowest BCUT2D eigenvalue weighted by atomic mass is 9.72. The van der Waals surface area contributed by atoms with Gasteiger partial charge in [0, 0.05) is 17.7 Å². The summed E-state index contributed by atoms with van der Waals surface area (Å²) in [5, 5.41) is 0. The Morgan fingerprint density at radius 3 is 2.07 bits per heavy atom. The third-order valence-electron chi connectivity index (χ3n) is 4.60. The van der Waals surface area contributed by atoms with Gasteiger partial charge in [0.25, 0.3) is 0 Å². The van der Waals surface area contributed by atoms with Crippen LogP contribution in [0.25, 0.3) is 0 Å². The van der Waals surface area contributed by atoms with Crippen LogP contribution in [0.4, 0.5) is 0 Å². The second kappa shape index (κ2) is 8.17. The number of nitrogens with zero attached hydrogens (tertiary/aromatic N) is 1. The molecule has 27 heavy (non-hydrogen) atoms. The van der Waals surface area contributed by atoms with Crippen molar-refractivity contribution in [1.29, 1.82) is 0 Å². The standard InChI is InChI=1S/C24H25NO2/c1-24(2,3)23(19-9-7-18(16-26)8-10-19)20-11-13-22(14-12-20)27-17-21-6-4-5-15-25-21/h4-16,23H,17H2,1-3H3. The van der Waals surface area contributed by atoms with Gasteiger partial charge < -0.3 is 4.74 Å². The van der Waals surface area contributed by atoms with E-state index in [0.29, 0.717) is 12.2 Å². The van der Waals surface area contributed by atoms with Gasteiger partial charge in [-0.2, -0.15) is 0 Å². The molecule has 0 aliphatic rings. The Morgan fingerprint density at radius 2 is 1.56 bits per heavy atom. The first-order chi connectivity index (χ1) is 13.0. The zero-order valence-electron chi connectivity index (χ0n) is 16.1. The van der Waals surface area contributed by atoms with Crippen molar-refractivity contribution in [1.82, 2.24) is 4.98 Å². The Bertz CT molecular complexity index is 863. The molecule has 0 aliphatic heterocycles. The first kappa shape index (κ1) is 18.8. The highest BCUT2D eigenvalue weighted by atomic mass is 16.5. The number of rotatable bonds is 6. The number of hydrogen-bond donors (Lipinski definition) is 0. The second-order valence-electron chi connectivity index (χ2n) is 7.76. The maximum atomic E-state index is 10.9. The fourth-order valence-electron chi connectivity index (χ4n) is 3.36. The van der Waals surface area contributed by atoms with Gasteiger partial charge in [-0.05, 0) is 40.8 Å². The van der Waals surface area contributed by atoms with Gasteiger partial charge in [-0.1, -0.05) is 63.2 Å². The summed E-state index contributed by atoms with van der Waals surface area (Å²) in [6, 6.07) is 21.9. The summed E-state index contributed by atoms with van der Waals surface area (Å²) in [6.07, 6.45) is 2.65. The second-order valence-corrected chi connectivity index (χ2v) is 7.76. The summed E-state index contributed by atoms with van der Waals surface area (Å²) in [5.74, 6) is 1.05. The molecule has 3 heteroatoms. The van der Waals surface area contributed by atoms with Crippen molar-refractivity contribution in [3.05, 3.63) is 95.3 Å². The molecular weight excluding hydrogens is 334 g/mol. The lowest BCUT2D eigenvalue weighted by Crippen LogP contribution is -2.19. The molecule has 1 aromatic heterocycles. The van der Waals surface area contributed by atoms with Crippen molar-refractivity contribution in [2.75, 3.05) is 0 Å². The predicted molar refractivity (Wildman–Crippen MR) is 108 cm³/mol. The summed E-state index contributed by atoms with van der Waals surface area (Å²) in [4.78, 5) is 15.2. The summed E-state index contributed by atoms with van der Waals surface area (Å²) in [7, 11) is 0. The molecule has 1 heterocycles. The van der Waals surface area contributed by atoms with Crippen LogP contribution in [0.1, 0.15) is 53.9 Å². The summed E-state index contributed by atoms with van der Waals surface area (Å²) >= 11 is 0. The van der Waals surface area contributed by atoms with Gasteiger partial charge in [-0.15, -0.1) is 0 Å². The van der Waals surface area contributed by atoms with Crippen molar-refractivity contribution in [3.8, 4) is 5.75 Å². The zero-order chi connectivity index (χ0) is 19.3. The average Bonchev–Trinajstić information content (AvgIpc) is 2.68. The van der Waals surface area contributed by atoms with Gasteiger partial charge in [-0.25, -0.2) is 0 Å². The molecule has 1 unspecified atom stereocenters. The average molecular weight is 359 g/mol. The number of carbonyl (C=O) groups is 1. The van der Waals surface area contributed by atoms with Gasteiger partial charge in [0.15, 0.2) is 0 Å². The topological polar surface area (TPSA) is 39.2 Å². The van der Waals surface area contributed by atoms with E-state index in [4.69, 9.17) is 4.74 Å². The zero-order valence-corrected chi connectivity index (χ0v) is 16.1. The lowest BCUT2D eigenvalue weighted by Gasteiger charge is -2.32. The number of aromatic nitrogens is 1. The lowest BCUT2D eigenvalue weighted by molar-refractivity contribution is 0.112. The number of ether oxygens (including phenoxy) is 1. The van der Waals surface area contributed by atoms with Crippen LogP contribution in [0.2, 0.25) is 0 Å². The highest BCUT2D eigenvalue weighted by Crippen LogP contribution is 2.40. The van der Waals surface area contributed by atoms with Gasteiger partial charge in [0.05, 0.1) is 5.69 Å². The van der Waals surface area contributed by atoms with E-state index in [0.717, 1.165) is 17.7 Å². The first-order valence-corrected chi connectivity index (χ1v) is 9.15. The molecule has 3 aromatic rings. The molecule has 0 spiro atoms. The summed E-state index contributed by atoms with van der Waals surface area (Å²) in [5.41, 5.74) is 4.08. The van der Waals surface area contributed by atoms with Crippen LogP contribution < -0.4 is 4.74 Å². The highest BCUT2D eigenvalue weighted by Gasteiger charge is 2.27. The Morgan fingerprint density at radius 1 is 0.926 bits per heavy atom. The Labute approximate surface area is 161 Å². The van der Waals surface area contributed by atoms with E-state index in [1.807, 2.05) is 54.6 Å². The van der Waals surface area contributed by atoms with Crippen LogP contribution in [0.3, 0.4) is 0 Å². The fourth-order valence-corrected chi connectivity index (χ4v) is 3.36. The largest absolute Gasteiger partial charge is 0.487 e. The Hall–Kier alpha value is -2.94. The van der Waals surface area contributed by atoms with Crippen LogP contribution in [0, 0.1) is 5.41 Å². The van der Waals surface area contributed by atoms with Crippen molar-refractivity contribution in [2.45, 2.75) is 33.3 Å². The predicted octanol–water partition coefficient (Wildman–Crippen LogP) is 5.65. The quantitative estimate of drug-likeness (QED) is 0.534. The molecule has 3 nitrogen and oxygen atoms in total. The molecule has 0 fully saturated rings. The maximum absolute atomic E-state index is 10.9. The van der Waals surface area contributed by atoms with E-state index < -0.39 is 0 Å². The van der Waals surface area contributed by atoms with Crippen molar-refractivity contribution in [2.24, 2.45) is 5.41 Å². The normalized spacial score (nSPS) is 12.4. The van der Waals surface area contributed by atoms with Crippen molar-refractivity contribution >= 4 is 6.29 Å². The number of benzene rings is 2. The van der Waals surface area contributed by atoms with E-state index in [9.17, 15) is 4.79 Å². The summed E-state index contributed by atoms with van der Waals surface area (Å²) < 4.78 is 5.85. The smallest absolute Gasteiger partial charge is 0.150 e. The molecule has 2 aromatic carbocycles. The molecular formula is C24H25NO2. The maximum Gasteiger partial charge on any atom is 0.150 e. The Kier molecular flexibility index (Phi) is 5.70. The van der Waals surface area contributed by atoms with Crippen molar-refractivity contribution in [3.63, 3.8) is 0 Å². The molecule has 0 N–H and O–H groups in total. The van der Waals surface area contributed by atoms with Gasteiger partial charge in [-0.3, -0.25) is 9.78 Å². The van der Waals surface area contributed by atoms with Gasteiger partial charge in [0.2, 0.25) is 0 Å². The van der Waals surface area contributed by atoms with Crippen LogP contribution in [-0.2, 0) is 6.61 Å². The van der Waals surface area contributed by atoms with E-state index in [-0.39, 0.29) is 11.3 Å². The minimum Gasteiger partial charge on any atom is -0.487 e. The fraction of sp³-hybridized carbons (Fsp3) is 0.250. The molecule has 0 amide bonds. The monoisotopic (exact) mass is 359 g/mol. The third-order valence-corrected chi connectivity index (χ3v) is 4.60. The number of carbonyl (C=O) groups excluding carboxylic acids is 1. The minimum atomic E-state index is 0.0407. The van der Waals surface area contributed by atoms with Crippen LogP contribution in [0.15, 0.2) is 72.9 Å². The van der Waals surface area contributed by atoms with Gasteiger partial charge in [0.1, 0.15) is 18.6 Å². The molecule has 0 radical (unpaired) electrons. The van der Waals surface area contributed by atoms with Crippen LogP contribution in [-0.4, -0.2) is 11.3 Å². The van der Waals surface area contributed by atoms with Crippen LogP contribution in [0.5, 0.6) is 5.75 Å². The molecule has 0 aliphatic carbocycles. The Balaban J connectivity index is 1.79.